The second-order valence-corrected chi connectivity index (χ2v) is 4.85. The first-order valence-corrected chi connectivity index (χ1v) is 6.42. The third-order valence-corrected chi connectivity index (χ3v) is 3.20. The molecule has 1 fully saturated rings. The molecule has 1 atom stereocenters. The highest BCUT2D eigenvalue weighted by atomic mass is 16.2. The fourth-order valence-corrected chi connectivity index (χ4v) is 2.23. The van der Waals surface area contributed by atoms with Crippen LogP contribution in [0.1, 0.15) is 18.9 Å². The summed E-state index contributed by atoms with van der Waals surface area (Å²) in [6.45, 7) is 2.08. The number of aryl methyl sites for hydroxylation is 1. The minimum atomic E-state index is -0.470. The van der Waals surface area contributed by atoms with E-state index in [0.29, 0.717) is 0 Å². The number of imide groups is 1. The Kier molecular flexibility index (Phi) is 3.85. The van der Waals surface area contributed by atoms with E-state index in [2.05, 4.69) is 12.2 Å². The Morgan fingerprint density at radius 2 is 2.11 bits per heavy atom. The monoisotopic (exact) mass is 261 g/mol. The van der Waals surface area contributed by atoms with Crippen LogP contribution in [0.5, 0.6) is 0 Å². The summed E-state index contributed by atoms with van der Waals surface area (Å²) in [6, 6.07) is 7.44. The van der Waals surface area contributed by atoms with Gasteiger partial charge in [-0.05, 0) is 24.1 Å². The number of hydrazine groups is 1. The maximum Gasteiger partial charge on any atom is 0.266 e. The first-order chi connectivity index (χ1) is 9.02. The van der Waals surface area contributed by atoms with Crippen LogP contribution in [0.4, 0.5) is 5.69 Å². The Morgan fingerprint density at radius 3 is 2.68 bits per heavy atom. The number of rotatable bonds is 4. The molecular weight excluding hydrogens is 242 g/mol. The lowest BCUT2D eigenvalue weighted by Crippen LogP contribution is -2.43. The fourth-order valence-electron chi connectivity index (χ4n) is 2.23. The number of amides is 2. The predicted octanol–water partition coefficient (Wildman–Crippen LogP) is 1.26. The highest BCUT2D eigenvalue weighted by Crippen LogP contribution is 2.19. The summed E-state index contributed by atoms with van der Waals surface area (Å²) in [4.78, 5) is 23.9. The molecule has 0 unspecified atom stereocenters. The number of anilines is 1. The number of nitrogens with one attached hydrogen (secondary N) is 1. The van der Waals surface area contributed by atoms with Gasteiger partial charge < -0.3 is 5.32 Å². The van der Waals surface area contributed by atoms with E-state index < -0.39 is 6.04 Å². The van der Waals surface area contributed by atoms with E-state index in [-0.39, 0.29) is 18.2 Å². The molecule has 1 aromatic rings. The third kappa shape index (κ3) is 2.76. The van der Waals surface area contributed by atoms with Gasteiger partial charge in [0.2, 0.25) is 5.91 Å². The van der Waals surface area contributed by atoms with Crippen LogP contribution in [0.3, 0.4) is 0 Å². The van der Waals surface area contributed by atoms with Gasteiger partial charge in [-0.25, -0.2) is 10.0 Å². The molecule has 0 saturated carbocycles. The van der Waals surface area contributed by atoms with Crippen molar-refractivity contribution in [2.75, 3.05) is 19.4 Å². The molecule has 5 nitrogen and oxygen atoms in total. The summed E-state index contributed by atoms with van der Waals surface area (Å²) >= 11 is 0. The van der Waals surface area contributed by atoms with Crippen molar-refractivity contribution in [1.29, 1.82) is 0 Å². The molecule has 1 aliphatic rings. The number of hydrogen-bond acceptors (Lipinski definition) is 4. The Bertz CT molecular complexity index is 499. The third-order valence-electron chi connectivity index (χ3n) is 3.20. The average Bonchev–Trinajstić information content (AvgIpc) is 2.64. The zero-order valence-corrected chi connectivity index (χ0v) is 11.5. The lowest BCUT2D eigenvalue weighted by molar-refractivity contribution is -0.152. The first-order valence-electron chi connectivity index (χ1n) is 6.42. The molecule has 2 amide bonds. The Hall–Kier alpha value is -1.88. The van der Waals surface area contributed by atoms with Gasteiger partial charge in [-0.15, -0.1) is 0 Å². The van der Waals surface area contributed by atoms with Crippen LogP contribution in [-0.2, 0) is 16.0 Å². The highest BCUT2D eigenvalue weighted by molar-refractivity contribution is 6.06. The van der Waals surface area contributed by atoms with Crippen LogP contribution in [-0.4, -0.2) is 42.0 Å². The van der Waals surface area contributed by atoms with Crippen molar-refractivity contribution in [2.45, 2.75) is 25.8 Å². The van der Waals surface area contributed by atoms with Crippen LogP contribution in [0.15, 0.2) is 24.3 Å². The quantitative estimate of drug-likeness (QED) is 0.829. The second-order valence-electron chi connectivity index (χ2n) is 4.85. The smallest absolute Gasteiger partial charge is 0.266 e. The van der Waals surface area contributed by atoms with Gasteiger partial charge in [0.25, 0.3) is 5.91 Å². The highest BCUT2D eigenvalue weighted by Gasteiger charge is 2.40. The lowest BCUT2D eigenvalue weighted by Gasteiger charge is -2.22. The van der Waals surface area contributed by atoms with E-state index >= 15 is 0 Å². The maximum absolute atomic E-state index is 12.1. The van der Waals surface area contributed by atoms with Crippen molar-refractivity contribution in [3.63, 3.8) is 0 Å². The van der Waals surface area contributed by atoms with Crippen molar-refractivity contribution in [2.24, 2.45) is 0 Å². The molecule has 2 rings (SSSR count). The van der Waals surface area contributed by atoms with Gasteiger partial charge >= 0.3 is 0 Å². The van der Waals surface area contributed by atoms with Crippen LogP contribution in [0.25, 0.3) is 0 Å². The molecular formula is C14H19N3O2. The Balaban J connectivity index is 2.12. The Morgan fingerprint density at radius 1 is 1.37 bits per heavy atom. The average molecular weight is 261 g/mol. The topological polar surface area (TPSA) is 52.7 Å². The molecule has 1 N–H and O–H groups in total. The summed E-state index contributed by atoms with van der Waals surface area (Å²) in [5.74, 6) is -0.365. The standard InChI is InChI=1S/C14H19N3O2/c1-4-10-6-5-7-11(8-10)15-12-9-13(18)17(14(12)19)16(2)3/h5-8,12,15H,4,9H2,1-3H3/t12-/m1/s1. The molecule has 5 heteroatoms. The van der Waals surface area contributed by atoms with E-state index in [1.807, 2.05) is 24.3 Å². The molecule has 19 heavy (non-hydrogen) atoms. The van der Waals surface area contributed by atoms with Gasteiger partial charge in [0.15, 0.2) is 0 Å². The van der Waals surface area contributed by atoms with Gasteiger partial charge in [-0.3, -0.25) is 9.59 Å². The largest absolute Gasteiger partial charge is 0.373 e. The molecule has 0 bridgehead atoms. The summed E-state index contributed by atoms with van der Waals surface area (Å²) in [6.07, 6.45) is 1.14. The summed E-state index contributed by atoms with van der Waals surface area (Å²) in [7, 11) is 3.38. The number of nitrogens with zero attached hydrogens (tertiary/aromatic N) is 2. The van der Waals surface area contributed by atoms with Crippen LogP contribution in [0, 0.1) is 0 Å². The zero-order chi connectivity index (χ0) is 14.0. The van der Waals surface area contributed by atoms with Crippen molar-refractivity contribution < 1.29 is 9.59 Å². The van der Waals surface area contributed by atoms with E-state index in [1.54, 1.807) is 14.1 Å². The molecule has 1 heterocycles. The molecule has 1 saturated heterocycles. The molecule has 1 aromatic carbocycles. The van der Waals surface area contributed by atoms with E-state index in [0.717, 1.165) is 12.1 Å². The van der Waals surface area contributed by atoms with Crippen molar-refractivity contribution >= 4 is 17.5 Å². The summed E-state index contributed by atoms with van der Waals surface area (Å²) < 4.78 is 0. The molecule has 1 aliphatic heterocycles. The van der Waals surface area contributed by atoms with Crippen LogP contribution >= 0.6 is 0 Å². The van der Waals surface area contributed by atoms with E-state index in [9.17, 15) is 9.59 Å². The van der Waals surface area contributed by atoms with Crippen molar-refractivity contribution in [3.05, 3.63) is 29.8 Å². The molecule has 0 aliphatic carbocycles. The Labute approximate surface area is 113 Å². The first kappa shape index (κ1) is 13.5. The molecule has 102 valence electrons. The van der Waals surface area contributed by atoms with Gasteiger partial charge in [-0.1, -0.05) is 19.1 Å². The summed E-state index contributed by atoms with van der Waals surface area (Å²) in [5.41, 5.74) is 2.08. The zero-order valence-electron chi connectivity index (χ0n) is 11.5. The van der Waals surface area contributed by atoms with Crippen molar-refractivity contribution in [1.82, 2.24) is 10.0 Å². The summed E-state index contributed by atoms with van der Waals surface area (Å²) in [5, 5.41) is 5.85. The maximum atomic E-state index is 12.1. The SMILES string of the molecule is CCc1cccc(N[C@@H]2CC(=O)N(N(C)C)C2=O)c1. The van der Waals surface area contributed by atoms with E-state index in [4.69, 9.17) is 0 Å². The van der Waals surface area contributed by atoms with Gasteiger partial charge in [0.1, 0.15) is 6.04 Å². The molecule has 0 aromatic heterocycles. The van der Waals surface area contributed by atoms with Crippen molar-refractivity contribution in [3.8, 4) is 0 Å². The normalized spacial score (nSPS) is 19.4. The number of carbonyl (C=O) groups is 2. The van der Waals surface area contributed by atoms with Crippen LogP contribution in [0.2, 0.25) is 0 Å². The molecule has 0 radical (unpaired) electrons. The number of carbonyl (C=O) groups excluding carboxylic acids is 2. The predicted molar refractivity (Wildman–Crippen MR) is 73.4 cm³/mol. The van der Waals surface area contributed by atoms with Gasteiger partial charge in [0, 0.05) is 19.8 Å². The van der Waals surface area contributed by atoms with Gasteiger partial charge in [-0.2, -0.15) is 0 Å². The lowest BCUT2D eigenvalue weighted by atomic mass is 10.1. The minimum absolute atomic E-state index is 0.167. The van der Waals surface area contributed by atoms with E-state index in [1.165, 1.54) is 15.6 Å². The number of benzene rings is 1. The second kappa shape index (κ2) is 5.40. The number of hydrogen-bond donors (Lipinski definition) is 1. The molecule has 0 spiro atoms. The minimum Gasteiger partial charge on any atom is -0.373 e. The van der Waals surface area contributed by atoms with Gasteiger partial charge in [0.05, 0.1) is 6.42 Å². The van der Waals surface area contributed by atoms with Crippen LogP contribution < -0.4 is 5.32 Å². The fraction of sp³-hybridized carbons (Fsp3) is 0.429.